The van der Waals surface area contributed by atoms with Crippen LogP contribution in [0.4, 0.5) is 0 Å². The Morgan fingerprint density at radius 3 is 2.18 bits per heavy atom. The number of ketones is 1. The number of hydrogen-bond donors (Lipinski definition) is 1. The molecule has 3 nitrogen and oxygen atoms in total. The van der Waals surface area contributed by atoms with E-state index in [1.807, 2.05) is 18.3 Å². The van der Waals surface area contributed by atoms with Crippen molar-refractivity contribution in [3.63, 3.8) is 0 Å². The number of pyridine rings is 1. The van der Waals surface area contributed by atoms with Crippen molar-refractivity contribution < 1.29 is 30.0 Å². The van der Waals surface area contributed by atoms with Crippen LogP contribution in [0.15, 0.2) is 109 Å². The van der Waals surface area contributed by atoms with Gasteiger partial charge in [-0.15, -0.1) is 29.8 Å². The molecule has 0 aliphatic rings. The average Bonchev–Trinajstić information content (AvgIpc) is 2.84. The van der Waals surface area contributed by atoms with Crippen molar-refractivity contribution in [1.82, 2.24) is 4.98 Å². The monoisotopic (exact) mass is 624 g/mol. The zero-order valence-corrected chi connectivity index (χ0v) is 21.4. The number of rotatable bonds is 3. The number of allylic oxidation sites excluding steroid dienone is 2. The summed E-state index contributed by atoms with van der Waals surface area (Å²) in [6, 6.07) is 35.0. The molecule has 0 aliphatic carbocycles. The number of aromatic nitrogens is 1. The largest absolute Gasteiger partial charge is 0.512 e. The van der Waals surface area contributed by atoms with E-state index in [9.17, 15) is 0 Å². The number of fused-ring (bicyclic) bond motifs is 3. The van der Waals surface area contributed by atoms with Gasteiger partial charge < -0.3 is 10.1 Å². The van der Waals surface area contributed by atoms with E-state index in [1.54, 1.807) is 0 Å². The van der Waals surface area contributed by atoms with Gasteiger partial charge in [-0.05, 0) is 40.2 Å². The van der Waals surface area contributed by atoms with Gasteiger partial charge in [0.2, 0.25) is 0 Å². The molecule has 0 unspecified atom stereocenters. The Bertz CT molecular complexity index is 1440. The Hall–Kier alpha value is -3.59. The minimum absolute atomic E-state index is 0. The second-order valence-electron chi connectivity index (χ2n) is 7.83. The quantitative estimate of drug-likeness (QED) is 0.0743. The van der Waals surface area contributed by atoms with Gasteiger partial charge in [-0.25, -0.2) is 0 Å². The summed E-state index contributed by atoms with van der Waals surface area (Å²) < 4.78 is 0. The van der Waals surface area contributed by atoms with Gasteiger partial charge in [0.1, 0.15) is 0 Å². The Morgan fingerprint density at radius 2 is 1.53 bits per heavy atom. The van der Waals surface area contributed by atoms with E-state index in [2.05, 4.69) is 89.9 Å². The van der Waals surface area contributed by atoms with E-state index in [0.717, 1.165) is 16.6 Å². The molecule has 0 amide bonds. The molecular formula is C30H25IrNO2. The third kappa shape index (κ3) is 5.85. The van der Waals surface area contributed by atoms with E-state index in [-0.39, 0.29) is 31.6 Å². The third-order valence-corrected chi connectivity index (χ3v) is 5.26. The first-order chi connectivity index (χ1) is 16.0. The predicted molar refractivity (Wildman–Crippen MR) is 138 cm³/mol. The van der Waals surface area contributed by atoms with Gasteiger partial charge in [-0.2, -0.15) is 0 Å². The average molecular weight is 624 g/mol. The van der Waals surface area contributed by atoms with E-state index in [4.69, 9.17) is 9.90 Å². The Morgan fingerprint density at radius 1 is 0.794 bits per heavy atom. The van der Waals surface area contributed by atoms with E-state index in [0.29, 0.717) is 0 Å². The SMILES string of the molecule is CC(=[OH+])C=C(C)O.[Ir].[c-]1cc(-c2ccccc2)ccc1-c1nccc2c1ccc1ccccc12. The fraction of sp³-hybridized carbons (Fsp3) is 0.0667. The molecule has 4 aromatic carbocycles. The Balaban J connectivity index is 0.000000357. The molecule has 0 bridgehead atoms. The topological polar surface area (TPSA) is 54.5 Å². The van der Waals surface area contributed by atoms with Crippen LogP contribution in [0.1, 0.15) is 13.8 Å². The summed E-state index contributed by atoms with van der Waals surface area (Å²) in [5, 5.41) is 13.3. The van der Waals surface area contributed by atoms with Crippen LogP contribution >= 0.6 is 0 Å². The number of hydrogen-bond acceptors (Lipinski definition) is 2. The van der Waals surface area contributed by atoms with Crippen molar-refractivity contribution in [1.29, 1.82) is 0 Å². The summed E-state index contributed by atoms with van der Waals surface area (Å²) in [5.74, 6) is 0.250. The molecule has 1 aromatic heterocycles. The fourth-order valence-corrected chi connectivity index (χ4v) is 3.84. The summed E-state index contributed by atoms with van der Waals surface area (Å²) in [6.07, 6.45) is 3.17. The standard InChI is InChI=1S/C25H16N.C5H8O2.Ir/c1-2-6-18(7-3-1)19-10-12-21(13-11-19)25-24-15-14-20-8-4-5-9-22(20)23(24)16-17-26-25;1-4(6)3-5(2)7;/h1-12,14-17H;3,6H,1-2H3;/q-1;;/p+1. The van der Waals surface area contributed by atoms with Gasteiger partial charge in [0.25, 0.3) is 0 Å². The molecule has 4 heteroatoms. The second-order valence-corrected chi connectivity index (χ2v) is 7.83. The summed E-state index contributed by atoms with van der Waals surface area (Å²) in [5.41, 5.74) is 4.37. The molecule has 171 valence electrons. The Kier molecular flexibility index (Phi) is 8.48. The maximum absolute atomic E-state index is 8.40. The molecule has 5 rings (SSSR count). The molecule has 0 spiro atoms. The maximum atomic E-state index is 8.40. The van der Waals surface area contributed by atoms with Gasteiger partial charge in [0.15, 0.2) is 0 Å². The van der Waals surface area contributed by atoms with Gasteiger partial charge >= 0.3 is 5.78 Å². The number of nitrogens with zero attached hydrogens (tertiary/aromatic N) is 1. The van der Waals surface area contributed by atoms with Crippen LogP contribution < -0.4 is 0 Å². The van der Waals surface area contributed by atoms with Crippen LogP contribution in [0.3, 0.4) is 0 Å². The zero-order chi connectivity index (χ0) is 23.2. The van der Waals surface area contributed by atoms with Crippen LogP contribution in [0.5, 0.6) is 0 Å². The molecule has 2 N–H and O–H groups in total. The first-order valence-corrected chi connectivity index (χ1v) is 10.8. The van der Waals surface area contributed by atoms with E-state index in [1.165, 1.54) is 47.2 Å². The number of aliphatic hydroxyl groups excluding tert-OH is 1. The normalized spacial score (nSPS) is 10.8. The van der Waals surface area contributed by atoms with Gasteiger partial charge in [0.05, 0.1) is 18.8 Å². The van der Waals surface area contributed by atoms with Crippen LogP contribution in [-0.2, 0) is 20.1 Å². The number of aliphatic hydroxyl groups is 1. The van der Waals surface area contributed by atoms with Crippen molar-refractivity contribution in [3.8, 4) is 22.4 Å². The minimum Gasteiger partial charge on any atom is -0.512 e. The van der Waals surface area contributed by atoms with E-state index < -0.39 is 0 Å². The van der Waals surface area contributed by atoms with Crippen LogP contribution in [0.2, 0.25) is 0 Å². The first kappa shape index (κ1) is 25.0. The third-order valence-electron chi connectivity index (χ3n) is 5.26. The van der Waals surface area contributed by atoms with Crippen molar-refractivity contribution in [2.75, 3.05) is 0 Å². The summed E-state index contributed by atoms with van der Waals surface area (Å²) in [7, 11) is 0. The Labute approximate surface area is 213 Å². The molecule has 5 aromatic rings. The molecule has 1 radical (unpaired) electrons. The minimum atomic E-state index is 0. The molecule has 0 aliphatic heterocycles. The van der Waals surface area contributed by atoms with Crippen molar-refractivity contribution >= 4 is 27.3 Å². The summed E-state index contributed by atoms with van der Waals surface area (Å²) in [4.78, 5) is 13.1. The van der Waals surface area contributed by atoms with Crippen LogP contribution in [0.25, 0.3) is 43.9 Å². The second kappa shape index (κ2) is 11.5. The number of benzene rings is 4. The molecule has 0 fully saturated rings. The summed E-state index contributed by atoms with van der Waals surface area (Å²) in [6.45, 7) is 3.00. The van der Waals surface area contributed by atoms with Gasteiger partial charge in [0, 0.05) is 26.3 Å². The van der Waals surface area contributed by atoms with Crippen LogP contribution in [0, 0.1) is 6.07 Å². The molecule has 0 atom stereocenters. The van der Waals surface area contributed by atoms with Crippen molar-refractivity contribution in [2.45, 2.75) is 13.8 Å². The fourth-order valence-electron chi connectivity index (χ4n) is 3.84. The van der Waals surface area contributed by atoms with Crippen molar-refractivity contribution in [2.24, 2.45) is 0 Å². The molecule has 0 saturated carbocycles. The zero-order valence-electron chi connectivity index (χ0n) is 19.0. The molecule has 1 heterocycles. The predicted octanol–water partition coefficient (Wildman–Crippen LogP) is 7.53. The molecular weight excluding hydrogens is 599 g/mol. The maximum Gasteiger partial charge on any atom is 0.316 e. The molecule has 34 heavy (non-hydrogen) atoms. The van der Waals surface area contributed by atoms with Crippen molar-refractivity contribution in [3.05, 3.63) is 115 Å². The smallest absolute Gasteiger partial charge is 0.316 e. The summed E-state index contributed by atoms with van der Waals surface area (Å²) >= 11 is 0. The van der Waals surface area contributed by atoms with E-state index >= 15 is 0 Å². The van der Waals surface area contributed by atoms with Crippen LogP contribution in [-0.4, -0.2) is 20.7 Å². The van der Waals surface area contributed by atoms with Gasteiger partial charge in [-0.3, -0.25) is 4.79 Å². The first-order valence-electron chi connectivity index (χ1n) is 10.8. The molecule has 0 saturated heterocycles. The van der Waals surface area contributed by atoms with Gasteiger partial charge in [-0.1, -0.05) is 77.9 Å². The number of carbonyl (C=O) groups excluding carboxylic acids is 1.